The van der Waals surface area contributed by atoms with Crippen LogP contribution in [-0.4, -0.2) is 7.11 Å². The van der Waals surface area contributed by atoms with E-state index in [1.165, 1.54) is 0 Å². The largest absolute Gasteiger partial charge is 0.205 e. The van der Waals surface area contributed by atoms with E-state index in [-0.39, 0.29) is 0 Å². The van der Waals surface area contributed by atoms with Crippen LogP contribution in [0.25, 0.3) is 0 Å². The summed E-state index contributed by atoms with van der Waals surface area (Å²) in [6.07, 6.45) is 3.80. The van der Waals surface area contributed by atoms with Crippen LogP contribution >= 0.6 is 0 Å². The maximum absolute atomic E-state index is 4.72. The van der Waals surface area contributed by atoms with Crippen molar-refractivity contribution in [2.45, 2.75) is 13.8 Å². The van der Waals surface area contributed by atoms with E-state index in [1.54, 1.807) is 12.6 Å². The lowest BCUT2D eigenvalue weighted by atomic mass is 10.1. The Morgan fingerprint density at radius 1 is 1.60 bits per heavy atom. The Labute approximate surface area is 62.5 Å². The van der Waals surface area contributed by atoms with Gasteiger partial charge in [0.1, 0.15) is 6.20 Å². The molecule has 2 N–H and O–H groups in total. The Hall–Kier alpha value is -0.600. The first-order chi connectivity index (χ1) is 4.68. The lowest BCUT2D eigenvalue weighted by molar-refractivity contribution is -0.842. The summed E-state index contributed by atoms with van der Waals surface area (Å²) in [7, 11) is 1.63. The van der Waals surface area contributed by atoms with Gasteiger partial charge in [0.15, 0.2) is 0 Å². The molecule has 58 valence electrons. The fraction of sp³-hybridized carbons (Fsp3) is 0.500. The molecule has 0 aliphatic heterocycles. The van der Waals surface area contributed by atoms with Gasteiger partial charge in [0, 0.05) is 0 Å². The van der Waals surface area contributed by atoms with Crippen LogP contribution in [0.3, 0.4) is 0 Å². The highest BCUT2D eigenvalue weighted by Gasteiger charge is 1.93. The van der Waals surface area contributed by atoms with Gasteiger partial charge in [-0.05, 0) is 17.6 Å². The van der Waals surface area contributed by atoms with Crippen LogP contribution in [0.5, 0.6) is 0 Å². The molecule has 10 heavy (non-hydrogen) atoms. The molecule has 0 aliphatic rings. The molecule has 0 atom stereocenters. The van der Waals surface area contributed by atoms with E-state index < -0.39 is 0 Å². The molecule has 0 aromatic heterocycles. The van der Waals surface area contributed by atoms with Gasteiger partial charge in [-0.1, -0.05) is 20.4 Å². The average Bonchev–Trinajstić information content (AvgIpc) is 1.88. The van der Waals surface area contributed by atoms with Gasteiger partial charge < -0.3 is 0 Å². The molecule has 0 saturated heterocycles. The molecule has 0 heterocycles. The van der Waals surface area contributed by atoms with E-state index in [1.807, 2.05) is 12.3 Å². The topological polar surface area (TPSA) is 25.8 Å². The average molecular weight is 142 g/mol. The summed E-state index contributed by atoms with van der Waals surface area (Å²) in [5.41, 5.74) is 2.75. The highest BCUT2D eigenvalue weighted by Crippen LogP contribution is 2.05. The monoisotopic (exact) mass is 142 g/mol. The normalized spacial score (nSPS) is 11.2. The molecule has 0 saturated carbocycles. The number of nitrogens with two attached hydrogens (primary N) is 1. The van der Waals surface area contributed by atoms with Crippen LogP contribution in [0.2, 0.25) is 0 Å². The van der Waals surface area contributed by atoms with Crippen LogP contribution in [0.4, 0.5) is 0 Å². The van der Waals surface area contributed by atoms with Gasteiger partial charge in [-0.3, -0.25) is 0 Å². The van der Waals surface area contributed by atoms with Crippen molar-refractivity contribution >= 4 is 0 Å². The van der Waals surface area contributed by atoms with E-state index in [0.29, 0.717) is 5.92 Å². The fourth-order valence-electron chi connectivity index (χ4n) is 0.434. The third kappa shape index (κ3) is 4.30. The molecule has 0 bridgehead atoms. The molecule has 0 unspecified atom stereocenters. The zero-order valence-electron chi connectivity index (χ0n) is 6.92. The second kappa shape index (κ2) is 5.21. The van der Waals surface area contributed by atoms with Crippen molar-refractivity contribution in [1.82, 2.24) is 0 Å². The fourth-order valence-corrected chi connectivity index (χ4v) is 0.434. The first kappa shape index (κ1) is 9.40. The lowest BCUT2D eigenvalue weighted by Gasteiger charge is -2.00. The van der Waals surface area contributed by atoms with Crippen molar-refractivity contribution in [2.75, 3.05) is 7.11 Å². The van der Waals surface area contributed by atoms with Gasteiger partial charge in [0.25, 0.3) is 0 Å². The zero-order valence-corrected chi connectivity index (χ0v) is 6.92. The summed E-state index contributed by atoms with van der Waals surface area (Å²) < 4.78 is 0. The summed E-state index contributed by atoms with van der Waals surface area (Å²) in [5.74, 6) is 0.515. The zero-order chi connectivity index (χ0) is 7.98. The minimum absolute atomic E-state index is 0.515. The Morgan fingerprint density at radius 2 is 2.20 bits per heavy atom. The number of allylic oxidation sites excluding steroid dienone is 2. The van der Waals surface area contributed by atoms with E-state index >= 15 is 0 Å². The lowest BCUT2D eigenvalue weighted by Crippen LogP contribution is -2.75. The minimum Gasteiger partial charge on any atom is -0.205 e. The maximum Gasteiger partial charge on any atom is 0.125 e. The molecule has 2 heteroatoms. The van der Waals surface area contributed by atoms with E-state index in [0.717, 1.165) is 5.57 Å². The summed E-state index contributed by atoms with van der Waals surface area (Å²) in [6.45, 7) is 8.08. The first-order valence-electron chi connectivity index (χ1n) is 3.40. The summed E-state index contributed by atoms with van der Waals surface area (Å²) in [5, 5.41) is 0. The summed E-state index contributed by atoms with van der Waals surface area (Å²) in [6, 6.07) is 0. The number of hydrogen-bond acceptors (Lipinski definition) is 1. The predicted octanol–water partition coefficient (Wildman–Crippen LogP) is 0.837. The molecule has 0 rings (SSSR count). The van der Waals surface area contributed by atoms with Crippen molar-refractivity contribution in [1.29, 1.82) is 0 Å². The standard InChI is InChI=1S/C8H15NO/c1-7(2)8(3)5-6-9-10-4/h5-7,9H,3H2,1-2,4H3/p+1/b6-5-. The predicted molar refractivity (Wildman–Crippen MR) is 42.1 cm³/mol. The Morgan fingerprint density at radius 3 is 2.60 bits per heavy atom. The van der Waals surface area contributed by atoms with Crippen LogP contribution in [0.15, 0.2) is 24.4 Å². The van der Waals surface area contributed by atoms with Gasteiger partial charge in [-0.15, -0.1) is 0 Å². The van der Waals surface area contributed by atoms with Crippen molar-refractivity contribution in [3.05, 3.63) is 24.4 Å². The van der Waals surface area contributed by atoms with E-state index in [9.17, 15) is 0 Å². The second-order valence-electron chi connectivity index (χ2n) is 2.46. The molecule has 0 amide bonds. The van der Waals surface area contributed by atoms with Crippen molar-refractivity contribution in [2.24, 2.45) is 5.92 Å². The smallest absolute Gasteiger partial charge is 0.125 e. The number of hydrogen-bond donors (Lipinski definition) is 1. The SMILES string of the molecule is C=C(/C=C\[NH2+]OC)C(C)C. The van der Waals surface area contributed by atoms with Crippen LogP contribution in [0.1, 0.15) is 13.8 Å². The third-order valence-electron chi connectivity index (χ3n) is 1.27. The molecule has 2 nitrogen and oxygen atoms in total. The number of quaternary nitrogens is 1. The van der Waals surface area contributed by atoms with Gasteiger partial charge in [0.2, 0.25) is 0 Å². The molecular formula is C8H16NO+. The Balaban J connectivity index is 3.56. The Bertz CT molecular complexity index is 127. The molecule has 0 aromatic rings. The number of hydroxylamine groups is 1. The first-order valence-corrected chi connectivity index (χ1v) is 3.40. The minimum atomic E-state index is 0.515. The molecule has 0 spiro atoms. The molecule has 0 fully saturated rings. The van der Waals surface area contributed by atoms with Crippen molar-refractivity contribution in [3.8, 4) is 0 Å². The van der Waals surface area contributed by atoms with Gasteiger partial charge in [0.05, 0.1) is 7.11 Å². The van der Waals surface area contributed by atoms with Gasteiger partial charge in [-0.2, -0.15) is 5.48 Å². The van der Waals surface area contributed by atoms with E-state index in [2.05, 4.69) is 20.4 Å². The highest BCUT2D eigenvalue weighted by atomic mass is 16.6. The van der Waals surface area contributed by atoms with Gasteiger partial charge in [-0.25, -0.2) is 4.84 Å². The van der Waals surface area contributed by atoms with Crippen LogP contribution < -0.4 is 5.48 Å². The Kier molecular flexibility index (Phi) is 4.89. The van der Waals surface area contributed by atoms with Gasteiger partial charge >= 0.3 is 0 Å². The maximum atomic E-state index is 4.72. The second-order valence-corrected chi connectivity index (χ2v) is 2.46. The van der Waals surface area contributed by atoms with Crippen LogP contribution in [0, 0.1) is 5.92 Å². The number of rotatable bonds is 4. The molecular weight excluding hydrogens is 126 g/mol. The highest BCUT2D eigenvalue weighted by molar-refractivity contribution is 5.13. The van der Waals surface area contributed by atoms with Crippen molar-refractivity contribution in [3.63, 3.8) is 0 Å². The quantitative estimate of drug-likeness (QED) is 0.457. The molecule has 0 radical (unpaired) electrons. The third-order valence-corrected chi connectivity index (χ3v) is 1.27. The van der Waals surface area contributed by atoms with Crippen LogP contribution in [-0.2, 0) is 4.84 Å². The summed E-state index contributed by atoms with van der Waals surface area (Å²) in [4.78, 5) is 4.72. The molecule has 0 aromatic carbocycles. The summed E-state index contributed by atoms with van der Waals surface area (Å²) >= 11 is 0. The molecule has 0 aliphatic carbocycles. The van der Waals surface area contributed by atoms with E-state index in [4.69, 9.17) is 4.84 Å². The van der Waals surface area contributed by atoms with Crippen molar-refractivity contribution < 1.29 is 10.3 Å².